The number of carbonyl (C=O) groups is 1. The van der Waals surface area contributed by atoms with Gasteiger partial charge in [-0.05, 0) is 19.9 Å². The van der Waals surface area contributed by atoms with Crippen LogP contribution in [-0.2, 0) is 9.53 Å². The third-order valence-electron chi connectivity index (χ3n) is 1.87. The third kappa shape index (κ3) is 1.99. The molecular formula is C9H12N2O3. The summed E-state index contributed by atoms with van der Waals surface area (Å²) in [7, 11) is 1.28. The second-order valence-electron chi connectivity index (χ2n) is 2.96. The Morgan fingerprint density at radius 2 is 2.21 bits per heavy atom. The minimum atomic E-state index is -0.688. The van der Waals surface area contributed by atoms with Crippen molar-refractivity contribution in [2.24, 2.45) is 0 Å². The zero-order chi connectivity index (χ0) is 10.7. The van der Waals surface area contributed by atoms with Gasteiger partial charge in [-0.25, -0.2) is 9.48 Å². The van der Waals surface area contributed by atoms with Gasteiger partial charge in [-0.2, -0.15) is 5.10 Å². The standard InChI is InChI=1S/C9H12N2O3/c1-6-4-5-8(12)11(10-6)7(2)9(13)14-3/h4-5,7H,1-3H3. The Hall–Kier alpha value is -1.65. The van der Waals surface area contributed by atoms with E-state index in [9.17, 15) is 9.59 Å². The molecule has 0 aliphatic carbocycles. The van der Waals surface area contributed by atoms with Crippen LogP contribution in [0.1, 0.15) is 18.7 Å². The van der Waals surface area contributed by atoms with Gasteiger partial charge in [0.2, 0.25) is 0 Å². The SMILES string of the molecule is COC(=O)C(C)n1nc(C)ccc1=O. The summed E-state index contributed by atoms with van der Waals surface area (Å²) in [6.07, 6.45) is 0. The molecule has 1 rings (SSSR count). The van der Waals surface area contributed by atoms with Gasteiger partial charge in [0.1, 0.15) is 0 Å². The zero-order valence-electron chi connectivity index (χ0n) is 8.35. The number of ether oxygens (including phenoxy) is 1. The van der Waals surface area contributed by atoms with E-state index in [1.807, 2.05) is 0 Å². The molecule has 0 aliphatic rings. The Balaban J connectivity index is 3.12. The normalized spacial score (nSPS) is 12.2. The van der Waals surface area contributed by atoms with Crippen LogP contribution < -0.4 is 5.56 Å². The molecule has 0 aromatic carbocycles. The molecule has 0 amide bonds. The van der Waals surface area contributed by atoms with Gasteiger partial charge in [0.05, 0.1) is 12.8 Å². The number of aromatic nitrogens is 2. The quantitative estimate of drug-likeness (QED) is 0.638. The van der Waals surface area contributed by atoms with Crippen molar-refractivity contribution in [3.8, 4) is 0 Å². The molecule has 0 bridgehead atoms. The van der Waals surface area contributed by atoms with E-state index < -0.39 is 12.0 Å². The fourth-order valence-electron chi connectivity index (χ4n) is 1.07. The largest absolute Gasteiger partial charge is 0.467 e. The Kier molecular flexibility index (Phi) is 3.01. The van der Waals surface area contributed by atoms with E-state index in [0.717, 1.165) is 4.68 Å². The van der Waals surface area contributed by atoms with E-state index in [0.29, 0.717) is 5.69 Å². The van der Waals surface area contributed by atoms with Gasteiger partial charge in [-0.15, -0.1) is 0 Å². The van der Waals surface area contributed by atoms with Crippen molar-refractivity contribution in [2.45, 2.75) is 19.9 Å². The lowest BCUT2D eigenvalue weighted by Crippen LogP contribution is -2.30. The maximum Gasteiger partial charge on any atom is 0.330 e. The number of aryl methyl sites for hydroxylation is 1. The maximum absolute atomic E-state index is 11.3. The number of rotatable bonds is 2. The van der Waals surface area contributed by atoms with Crippen LogP contribution in [0.4, 0.5) is 0 Å². The molecule has 0 spiro atoms. The molecule has 5 heteroatoms. The smallest absolute Gasteiger partial charge is 0.330 e. The second kappa shape index (κ2) is 4.04. The van der Waals surface area contributed by atoms with Crippen molar-refractivity contribution in [3.63, 3.8) is 0 Å². The zero-order valence-corrected chi connectivity index (χ0v) is 8.35. The van der Waals surface area contributed by atoms with Crippen molar-refractivity contribution in [1.82, 2.24) is 9.78 Å². The summed E-state index contributed by atoms with van der Waals surface area (Å²) in [6.45, 7) is 3.32. The first-order chi connectivity index (χ1) is 6.56. The summed E-state index contributed by atoms with van der Waals surface area (Å²) in [5.74, 6) is -0.481. The highest BCUT2D eigenvalue weighted by Gasteiger charge is 2.17. The minimum absolute atomic E-state index is 0.312. The lowest BCUT2D eigenvalue weighted by atomic mass is 10.3. The van der Waals surface area contributed by atoms with Crippen molar-refractivity contribution < 1.29 is 9.53 Å². The van der Waals surface area contributed by atoms with Crippen LogP contribution in [0, 0.1) is 6.92 Å². The highest BCUT2D eigenvalue weighted by molar-refractivity contribution is 5.73. The van der Waals surface area contributed by atoms with Gasteiger partial charge in [-0.3, -0.25) is 4.79 Å². The molecule has 76 valence electrons. The number of hydrogen-bond acceptors (Lipinski definition) is 4. The third-order valence-corrected chi connectivity index (χ3v) is 1.87. The summed E-state index contributed by atoms with van der Waals surface area (Å²) in [5, 5.41) is 3.94. The predicted octanol–water partition coefficient (Wildman–Crippen LogP) is 0.286. The van der Waals surface area contributed by atoms with Crippen LogP contribution >= 0.6 is 0 Å². The summed E-state index contributed by atoms with van der Waals surface area (Å²) in [5.41, 5.74) is 0.369. The Bertz CT molecular complexity index is 397. The summed E-state index contributed by atoms with van der Waals surface area (Å²) < 4.78 is 5.63. The van der Waals surface area contributed by atoms with Crippen LogP contribution in [-0.4, -0.2) is 22.9 Å². The molecule has 0 radical (unpaired) electrons. The van der Waals surface area contributed by atoms with Crippen LogP contribution in [0.2, 0.25) is 0 Å². The lowest BCUT2D eigenvalue weighted by Gasteiger charge is -2.11. The van der Waals surface area contributed by atoms with Gasteiger partial charge >= 0.3 is 5.97 Å². The molecule has 1 atom stereocenters. The Morgan fingerprint density at radius 3 is 2.79 bits per heavy atom. The van der Waals surface area contributed by atoms with Crippen LogP contribution in [0.5, 0.6) is 0 Å². The van der Waals surface area contributed by atoms with Crippen LogP contribution in [0.15, 0.2) is 16.9 Å². The van der Waals surface area contributed by atoms with E-state index in [4.69, 9.17) is 0 Å². The van der Waals surface area contributed by atoms with Gasteiger partial charge in [-0.1, -0.05) is 0 Å². The molecule has 1 heterocycles. The fourth-order valence-corrected chi connectivity index (χ4v) is 1.07. The number of nitrogens with zero attached hydrogens (tertiary/aromatic N) is 2. The molecular weight excluding hydrogens is 184 g/mol. The molecule has 0 aliphatic heterocycles. The molecule has 1 aromatic rings. The Labute approximate surface area is 81.3 Å². The van der Waals surface area contributed by atoms with E-state index in [2.05, 4.69) is 9.84 Å². The summed E-state index contributed by atoms with van der Waals surface area (Å²) in [6, 6.07) is 2.29. The molecule has 0 fully saturated rings. The van der Waals surface area contributed by atoms with E-state index in [-0.39, 0.29) is 5.56 Å². The van der Waals surface area contributed by atoms with Crippen molar-refractivity contribution in [2.75, 3.05) is 7.11 Å². The fraction of sp³-hybridized carbons (Fsp3) is 0.444. The van der Waals surface area contributed by atoms with Gasteiger partial charge in [0, 0.05) is 6.07 Å². The average Bonchev–Trinajstić information content (AvgIpc) is 2.19. The molecule has 0 saturated carbocycles. The molecule has 14 heavy (non-hydrogen) atoms. The Morgan fingerprint density at radius 1 is 1.57 bits per heavy atom. The first-order valence-corrected chi connectivity index (χ1v) is 4.20. The van der Waals surface area contributed by atoms with E-state index in [1.54, 1.807) is 19.9 Å². The van der Waals surface area contributed by atoms with Crippen molar-refractivity contribution >= 4 is 5.97 Å². The molecule has 0 saturated heterocycles. The summed E-state index contributed by atoms with van der Waals surface area (Å²) in [4.78, 5) is 22.5. The van der Waals surface area contributed by atoms with Gasteiger partial charge in [0.25, 0.3) is 5.56 Å². The highest BCUT2D eigenvalue weighted by atomic mass is 16.5. The minimum Gasteiger partial charge on any atom is -0.467 e. The van der Waals surface area contributed by atoms with Crippen LogP contribution in [0.3, 0.4) is 0 Å². The second-order valence-corrected chi connectivity index (χ2v) is 2.96. The van der Waals surface area contributed by atoms with Crippen molar-refractivity contribution in [3.05, 3.63) is 28.2 Å². The molecule has 1 aromatic heterocycles. The topological polar surface area (TPSA) is 61.2 Å². The van der Waals surface area contributed by atoms with Crippen LogP contribution in [0.25, 0.3) is 0 Å². The maximum atomic E-state index is 11.3. The average molecular weight is 196 g/mol. The van der Waals surface area contributed by atoms with E-state index >= 15 is 0 Å². The van der Waals surface area contributed by atoms with Crippen molar-refractivity contribution in [1.29, 1.82) is 0 Å². The number of methoxy groups -OCH3 is 1. The number of esters is 1. The molecule has 0 N–H and O–H groups in total. The molecule has 1 unspecified atom stereocenters. The summed E-state index contributed by atoms with van der Waals surface area (Å²) >= 11 is 0. The van der Waals surface area contributed by atoms with Gasteiger partial charge in [0.15, 0.2) is 6.04 Å². The first kappa shape index (κ1) is 10.4. The number of carbonyl (C=O) groups excluding carboxylic acids is 1. The monoisotopic (exact) mass is 196 g/mol. The first-order valence-electron chi connectivity index (χ1n) is 4.20. The van der Waals surface area contributed by atoms with Gasteiger partial charge < -0.3 is 4.74 Å². The lowest BCUT2D eigenvalue weighted by molar-refractivity contribution is -0.144. The highest BCUT2D eigenvalue weighted by Crippen LogP contribution is 2.02. The van der Waals surface area contributed by atoms with E-state index in [1.165, 1.54) is 13.2 Å². The molecule has 5 nitrogen and oxygen atoms in total. The number of hydrogen-bond donors (Lipinski definition) is 0. The predicted molar refractivity (Wildman–Crippen MR) is 50.0 cm³/mol.